The van der Waals surface area contributed by atoms with Gasteiger partial charge in [-0.15, -0.1) is 0 Å². The van der Waals surface area contributed by atoms with E-state index in [9.17, 15) is 18.3 Å². The maximum Gasteiger partial charge on any atom is 0.417 e. The number of ether oxygens (including phenoxy) is 2. The van der Waals surface area contributed by atoms with E-state index in [0.717, 1.165) is 52.7 Å². The highest BCUT2D eigenvalue weighted by Crippen LogP contribution is 2.58. The van der Waals surface area contributed by atoms with Crippen molar-refractivity contribution in [1.82, 2.24) is 9.97 Å². The zero-order valence-corrected chi connectivity index (χ0v) is 25.2. The second-order valence-electron chi connectivity index (χ2n) is 13.2. The van der Waals surface area contributed by atoms with Gasteiger partial charge in [0.1, 0.15) is 11.7 Å². The van der Waals surface area contributed by atoms with Gasteiger partial charge in [0.25, 0.3) is 0 Å². The molecule has 4 atom stereocenters. The van der Waals surface area contributed by atoms with Crippen LogP contribution in [0.15, 0.2) is 18.3 Å². The van der Waals surface area contributed by atoms with Crippen LogP contribution in [0.1, 0.15) is 132 Å². The minimum atomic E-state index is -4.46. The van der Waals surface area contributed by atoms with E-state index in [1.54, 1.807) is 0 Å². The highest BCUT2D eigenvalue weighted by atomic mass is 19.4. The standard InChI is InChI=1S/C27H33F3N2O3.C5H12/c1-14(2)23-21-22(20-18(32-23)10-25(4,5)11-19(20)33)26(8-9-34-13-15(26)3)35-24(21)17-7-6-16(12-31-17)27(28,29)30;1-4-5(2)3/h6-7,12,14-15,19,24,33H,8-11,13H2,1-5H3;5H,4H2,1-3H3. The van der Waals surface area contributed by atoms with E-state index in [2.05, 4.69) is 60.4 Å². The Morgan fingerprint density at radius 2 is 1.80 bits per heavy atom. The smallest absolute Gasteiger partial charge is 0.388 e. The van der Waals surface area contributed by atoms with Crippen LogP contribution < -0.4 is 0 Å². The Labute approximate surface area is 236 Å². The van der Waals surface area contributed by atoms with Crippen molar-refractivity contribution in [3.63, 3.8) is 0 Å². The minimum Gasteiger partial charge on any atom is -0.388 e. The van der Waals surface area contributed by atoms with Crippen molar-refractivity contribution in [1.29, 1.82) is 0 Å². The molecule has 4 heterocycles. The Balaban J connectivity index is 0.000000681. The molecule has 5 nitrogen and oxygen atoms in total. The number of nitrogens with zero attached hydrogens (tertiary/aromatic N) is 2. The van der Waals surface area contributed by atoms with Gasteiger partial charge in [0.2, 0.25) is 0 Å². The van der Waals surface area contributed by atoms with Gasteiger partial charge in [-0.2, -0.15) is 13.2 Å². The lowest BCUT2D eigenvalue weighted by Crippen LogP contribution is -2.43. The number of hydrogen-bond acceptors (Lipinski definition) is 5. The number of aliphatic hydroxyl groups is 1. The van der Waals surface area contributed by atoms with Crippen molar-refractivity contribution in [2.24, 2.45) is 17.3 Å². The van der Waals surface area contributed by atoms with Gasteiger partial charge in [-0.1, -0.05) is 61.8 Å². The summed E-state index contributed by atoms with van der Waals surface area (Å²) in [5.41, 5.74) is 3.25. The number of pyridine rings is 2. The monoisotopic (exact) mass is 562 g/mol. The first-order chi connectivity index (χ1) is 18.6. The Bertz CT molecular complexity index is 1190. The van der Waals surface area contributed by atoms with Crippen molar-refractivity contribution in [3.05, 3.63) is 57.7 Å². The van der Waals surface area contributed by atoms with E-state index >= 15 is 0 Å². The number of halogens is 3. The second kappa shape index (κ2) is 11.3. The molecule has 222 valence electrons. The third-order valence-electron chi connectivity index (χ3n) is 8.65. The highest BCUT2D eigenvalue weighted by Gasteiger charge is 2.55. The number of hydrogen-bond donors (Lipinski definition) is 1. The topological polar surface area (TPSA) is 64.5 Å². The average Bonchev–Trinajstić information content (AvgIpc) is 3.19. The lowest BCUT2D eigenvalue weighted by atomic mass is 9.68. The quantitative estimate of drug-likeness (QED) is 0.410. The molecular formula is C32H45F3N2O3. The fourth-order valence-corrected chi connectivity index (χ4v) is 6.17. The zero-order chi connectivity index (χ0) is 29.6. The van der Waals surface area contributed by atoms with Crippen molar-refractivity contribution in [3.8, 4) is 0 Å². The fraction of sp³-hybridized carbons (Fsp3) is 0.688. The maximum absolute atomic E-state index is 13.2. The molecule has 2 aromatic rings. The molecular weight excluding hydrogens is 517 g/mol. The summed E-state index contributed by atoms with van der Waals surface area (Å²) < 4.78 is 52.3. The van der Waals surface area contributed by atoms with E-state index in [0.29, 0.717) is 31.7 Å². The van der Waals surface area contributed by atoms with Crippen molar-refractivity contribution in [2.75, 3.05) is 13.2 Å². The van der Waals surface area contributed by atoms with Gasteiger partial charge in [-0.3, -0.25) is 9.97 Å². The first kappa shape index (κ1) is 30.9. The lowest BCUT2D eigenvalue weighted by Gasteiger charge is -2.43. The first-order valence-corrected chi connectivity index (χ1v) is 14.6. The molecule has 1 aliphatic carbocycles. The summed E-state index contributed by atoms with van der Waals surface area (Å²) in [6.45, 7) is 18.1. The number of aliphatic hydroxyl groups excluding tert-OH is 1. The minimum absolute atomic E-state index is 0.0110. The van der Waals surface area contributed by atoms with Crippen molar-refractivity contribution in [2.45, 2.75) is 111 Å². The van der Waals surface area contributed by atoms with Crippen LogP contribution in [-0.4, -0.2) is 28.3 Å². The summed E-state index contributed by atoms with van der Waals surface area (Å²) >= 11 is 0. The van der Waals surface area contributed by atoms with Crippen molar-refractivity contribution >= 4 is 0 Å². The summed E-state index contributed by atoms with van der Waals surface area (Å²) in [4.78, 5) is 9.30. The van der Waals surface area contributed by atoms with Gasteiger partial charge in [0.15, 0.2) is 0 Å². The Morgan fingerprint density at radius 1 is 1.12 bits per heavy atom. The Hall–Kier alpha value is -2.03. The van der Waals surface area contributed by atoms with E-state index in [1.165, 1.54) is 12.5 Å². The molecule has 0 amide bonds. The average molecular weight is 563 g/mol. The molecule has 1 fully saturated rings. The Kier molecular flexibility index (Phi) is 8.76. The van der Waals surface area contributed by atoms with Crippen LogP contribution in [-0.2, 0) is 27.7 Å². The van der Waals surface area contributed by atoms with Crippen LogP contribution in [0, 0.1) is 17.3 Å². The predicted molar refractivity (Wildman–Crippen MR) is 149 cm³/mol. The number of rotatable bonds is 3. The van der Waals surface area contributed by atoms with E-state index < -0.39 is 29.5 Å². The Morgan fingerprint density at radius 3 is 2.33 bits per heavy atom. The molecule has 3 aliphatic rings. The van der Waals surface area contributed by atoms with Crippen molar-refractivity contribution < 1.29 is 27.8 Å². The SMILES string of the molecule is CC(C)c1nc2c(c3c1C(c1ccc(C(F)(F)F)cn1)OC31CCOCC1C)C(O)CC(C)(C)C2.CCC(C)C. The fourth-order valence-electron chi connectivity index (χ4n) is 6.17. The molecule has 0 radical (unpaired) electrons. The van der Waals surface area contributed by atoms with Gasteiger partial charge in [-0.25, -0.2) is 0 Å². The summed E-state index contributed by atoms with van der Waals surface area (Å²) in [6.07, 6.45) is -1.68. The second-order valence-corrected chi connectivity index (χ2v) is 13.2. The molecule has 2 aliphatic heterocycles. The molecule has 2 aromatic heterocycles. The number of fused-ring (bicyclic) bond motifs is 4. The molecule has 4 unspecified atom stereocenters. The summed E-state index contributed by atoms with van der Waals surface area (Å²) in [7, 11) is 0. The van der Waals surface area contributed by atoms with E-state index in [4.69, 9.17) is 14.5 Å². The molecule has 1 spiro atoms. The van der Waals surface area contributed by atoms with Gasteiger partial charge in [0, 0.05) is 47.7 Å². The molecule has 5 rings (SSSR count). The molecule has 40 heavy (non-hydrogen) atoms. The normalized spacial score (nSPS) is 27.4. The first-order valence-electron chi connectivity index (χ1n) is 14.6. The summed E-state index contributed by atoms with van der Waals surface area (Å²) in [6, 6.07) is 2.46. The summed E-state index contributed by atoms with van der Waals surface area (Å²) in [5, 5.41) is 11.4. The maximum atomic E-state index is 13.2. The molecule has 0 saturated carbocycles. The van der Waals surface area contributed by atoms with Crippen LogP contribution in [0.25, 0.3) is 0 Å². The van der Waals surface area contributed by atoms with Crippen LogP contribution in [0.3, 0.4) is 0 Å². The zero-order valence-electron chi connectivity index (χ0n) is 25.2. The molecule has 0 aromatic carbocycles. The molecule has 1 saturated heterocycles. The number of aromatic nitrogens is 2. The lowest BCUT2D eigenvalue weighted by molar-refractivity contribution is -0.158. The third kappa shape index (κ3) is 5.82. The van der Waals surface area contributed by atoms with Gasteiger partial charge in [0.05, 0.1) is 24.0 Å². The third-order valence-corrected chi connectivity index (χ3v) is 8.65. The van der Waals surface area contributed by atoms with Crippen LogP contribution >= 0.6 is 0 Å². The van der Waals surface area contributed by atoms with Gasteiger partial charge in [-0.05, 0) is 47.8 Å². The molecule has 1 N–H and O–H groups in total. The van der Waals surface area contributed by atoms with E-state index in [-0.39, 0.29) is 17.3 Å². The largest absolute Gasteiger partial charge is 0.417 e. The van der Waals surface area contributed by atoms with Crippen LogP contribution in [0.5, 0.6) is 0 Å². The summed E-state index contributed by atoms with van der Waals surface area (Å²) in [5.74, 6) is 0.931. The van der Waals surface area contributed by atoms with Gasteiger partial charge < -0.3 is 14.6 Å². The van der Waals surface area contributed by atoms with Crippen LogP contribution in [0.2, 0.25) is 0 Å². The molecule has 8 heteroatoms. The highest BCUT2D eigenvalue weighted by molar-refractivity contribution is 5.54. The van der Waals surface area contributed by atoms with Crippen LogP contribution in [0.4, 0.5) is 13.2 Å². The van der Waals surface area contributed by atoms with E-state index in [1.807, 2.05) is 0 Å². The molecule has 0 bridgehead atoms. The van der Waals surface area contributed by atoms with Gasteiger partial charge >= 0.3 is 6.18 Å². The predicted octanol–water partition coefficient (Wildman–Crippen LogP) is 8.05. The number of alkyl halides is 3.